The molecule has 1 fully saturated rings. The Bertz CT molecular complexity index is 826. The van der Waals surface area contributed by atoms with E-state index in [9.17, 15) is 4.79 Å². The number of rotatable bonds is 1. The summed E-state index contributed by atoms with van der Waals surface area (Å²) in [6.45, 7) is 4.63. The lowest BCUT2D eigenvalue weighted by atomic mass is 10.2. The van der Waals surface area contributed by atoms with E-state index in [0.717, 1.165) is 18.7 Å². The maximum Gasteiger partial charge on any atom is 0.257 e. The summed E-state index contributed by atoms with van der Waals surface area (Å²) in [6, 6.07) is 5.27. The Hall–Kier alpha value is -2.74. The van der Waals surface area contributed by atoms with Crippen molar-refractivity contribution in [3.63, 3.8) is 0 Å². The predicted octanol–water partition coefficient (Wildman–Crippen LogP) is 0.607. The Morgan fingerprint density at radius 2 is 2.17 bits per heavy atom. The fourth-order valence-electron chi connectivity index (χ4n) is 2.92. The highest BCUT2D eigenvalue weighted by Crippen LogP contribution is 2.25. The number of ether oxygens (including phenoxy) is 1. The molecule has 2 aliphatic rings. The number of aryl methyl sites for hydroxylation is 1. The van der Waals surface area contributed by atoms with Gasteiger partial charge in [0.2, 0.25) is 11.9 Å². The van der Waals surface area contributed by atoms with Gasteiger partial charge in [-0.15, -0.1) is 0 Å². The summed E-state index contributed by atoms with van der Waals surface area (Å²) in [5.74, 6) is 1.22. The minimum absolute atomic E-state index is 0.136. The third-order valence-electron chi connectivity index (χ3n) is 4.09. The molecular formula is C16H18N6O2. The van der Waals surface area contributed by atoms with E-state index in [0.29, 0.717) is 30.8 Å². The molecule has 0 bridgehead atoms. The predicted molar refractivity (Wildman–Crippen MR) is 89.1 cm³/mol. The molecular weight excluding hydrogens is 308 g/mol. The number of hydrogen-bond donors (Lipinski definition) is 1. The topological polar surface area (TPSA) is 84.6 Å². The van der Waals surface area contributed by atoms with Crippen LogP contribution in [0, 0.1) is 6.92 Å². The zero-order chi connectivity index (χ0) is 16.5. The van der Waals surface area contributed by atoms with Crippen molar-refractivity contribution in [1.29, 1.82) is 0 Å². The summed E-state index contributed by atoms with van der Waals surface area (Å²) in [5.41, 5.74) is 1.38. The highest BCUT2D eigenvalue weighted by Gasteiger charge is 2.28. The fraction of sp³-hybridized carbons (Fsp3) is 0.375. The van der Waals surface area contributed by atoms with Crippen LogP contribution < -0.4 is 10.9 Å². The number of hydrogen-bond acceptors (Lipinski definition) is 7. The van der Waals surface area contributed by atoms with E-state index >= 15 is 0 Å². The van der Waals surface area contributed by atoms with Crippen LogP contribution in [0.5, 0.6) is 0 Å². The minimum Gasteiger partial charge on any atom is -0.378 e. The molecule has 0 radical (unpaired) electrons. The molecule has 1 N–H and O–H groups in total. The summed E-state index contributed by atoms with van der Waals surface area (Å²) in [7, 11) is 0. The summed E-state index contributed by atoms with van der Waals surface area (Å²) < 4.78 is 6.97. The van der Waals surface area contributed by atoms with E-state index in [-0.39, 0.29) is 5.56 Å². The molecule has 2 aromatic rings. The first-order chi connectivity index (χ1) is 11.7. The summed E-state index contributed by atoms with van der Waals surface area (Å²) in [5, 5.41) is 3.20. The molecule has 124 valence electrons. The second-order valence-electron chi connectivity index (χ2n) is 5.77. The van der Waals surface area contributed by atoms with Crippen LogP contribution in [0.1, 0.15) is 17.4 Å². The van der Waals surface area contributed by atoms with E-state index in [2.05, 4.69) is 20.2 Å². The Kier molecular flexibility index (Phi) is 3.73. The Morgan fingerprint density at radius 1 is 1.33 bits per heavy atom. The van der Waals surface area contributed by atoms with Gasteiger partial charge in [-0.05, 0) is 13.0 Å². The fourth-order valence-corrected chi connectivity index (χ4v) is 2.92. The molecule has 1 saturated heterocycles. The van der Waals surface area contributed by atoms with Gasteiger partial charge in [-0.25, -0.2) is 9.98 Å². The van der Waals surface area contributed by atoms with Crippen LogP contribution in [0.2, 0.25) is 0 Å². The molecule has 4 heterocycles. The number of guanidine groups is 1. The monoisotopic (exact) mass is 326 g/mol. The second kappa shape index (κ2) is 6.04. The summed E-state index contributed by atoms with van der Waals surface area (Å²) in [4.78, 5) is 28.0. The molecule has 2 aliphatic heterocycles. The van der Waals surface area contributed by atoms with Gasteiger partial charge < -0.3 is 9.64 Å². The van der Waals surface area contributed by atoms with Gasteiger partial charge in [-0.2, -0.15) is 0 Å². The molecule has 2 aromatic heterocycles. The number of anilines is 1. The van der Waals surface area contributed by atoms with Gasteiger partial charge >= 0.3 is 0 Å². The summed E-state index contributed by atoms with van der Waals surface area (Å²) in [6.07, 6.45) is 2.95. The third kappa shape index (κ3) is 2.65. The smallest absolute Gasteiger partial charge is 0.257 e. The number of fused-ring (bicyclic) bond motifs is 1. The normalized spacial score (nSPS) is 20.1. The molecule has 8 nitrogen and oxygen atoms in total. The van der Waals surface area contributed by atoms with Crippen LogP contribution in [0.15, 0.2) is 40.4 Å². The Balaban J connectivity index is 1.82. The minimum atomic E-state index is -0.478. The number of pyridine rings is 1. The van der Waals surface area contributed by atoms with E-state index in [1.54, 1.807) is 17.0 Å². The van der Waals surface area contributed by atoms with Crippen molar-refractivity contribution in [3.05, 3.63) is 52.2 Å². The van der Waals surface area contributed by atoms with Crippen molar-refractivity contribution in [2.24, 2.45) is 4.99 Å². The SMILES string of the molecule is Cc1cc(=O)n2c(n1)NC(N1CCOCC1)=N[C@H]2c1cccnc1. The van der Waals surface area contributed by atoms with Crippen molar-refractivity contribution >= 4 is 11.9 Å². The largest absolute Gasteiger partial charge is 0.378 e. The van der Waals surface area contributed by atoms with Crippen LogP contribution >= 0.6 is 0 Å². The lowest BCUT2D eigenvalue weighted by Crippen LogP contribution is -2.47. The molecule has 8 heteroatoms. The standard InChI is InChI=1S/C16H18N6O2/c1-11-9-13(23)22-14(12-3-2-4-17-10-12)19-15(20-16(22)18-11)21-5-7-24-8-6-21/h2-4,9-10,14H,5-8H2,1H3,(H,18,19,20)/t14-/m1/s1. The van der Waals surface area contributed by atoms with Crippen LogP contribution in [0.4, 0.5) is 5.95 Å². The molecule has 0 saturated carbocycles. The van der Waals surface area contributed by atoms with Crippen molar-refractivity contribution in [1.82, 2.24) is 19.4 Å². The Labute approximate surface area is 138 Å². The number of nitrogens with one attached hydrogen (secondary N) is 1. The first-order valence-electron chi connectivity index (χ1n) is 7.90. The lowest BCUT2D eigenvalue weighted by Gasteiger charge is -2.34. The van der Waals surface area contributed by atoms with Crippen LogP contribution in [0.25, 0.3) is 0 Å². The first kappa shape index (κ1) is 14.8. The van der Waals surface area contributed by atoms with Crippen LogP contribution in [-0.2, 0) is 4.74 Å². The van der Waals surface area contributed by atoms with E-state index in [1.807, 2.05) is 19.1 Å². The van der Waals surface area contributed by atoms with Gasteiger partial charge in [-0.3, -0.25) is 19.7 Å². The third-order valence-corrected chi connectivity index (χ3v) is 4.09. The summed E-state index contributed by atoms with van der Waals surface area (Å²) >= 11 is 0. The molecule has 24 heavy (non-hydrogen) atoms. The van der Waals surface area contributed by atoms with Crippen molar-refractivity contribution in [2.45, 2.75) is 13.1 Å². The maximum atomic E-state index is 12.5. The van der Waals surface area contributed by atoms with E-state index < -0.39 is 6.17 Å². The number of morpholine rings is 1. The molecule has 0 amide bonds. The number of aromatic nitrogens is 3. The molecule has 0 unspecified atom stereocenters. The van der Waals surface area contributed by atoms with Gasteiger partial charge in [-0.1, -0.05) is 6.07 Å². The van der Waals surface area contributed by atoms with Gasteiger partial charge in [0.05, 0.1) is 13.2 Å². The van der Waals surface area contributed by atoms with Gasteiger partial charge in [0.15, 0.2) is 6.17 Å². The van der Waals surface area contributed by atoms with Crippen molar-refractivity contribution in [2.75, 3.05) is 31.6 Å². The molecule has 4 rings (SSSR count). The molecule has 0 spiro atoms. The van der Waals surface area contributed by atoms with Gasteiger partial charge in [0.25, 0.3) is 5.56 Å². The zero-order valence-electron chi connectivity index (χ0n) is 13.3. The highest BCUT2D eigenvalue weighted by atomic mass is 16.5. The highest BCUT2D eigenvalue weighted by molar-refractivity contribution is 5.93. The molecule has 0 aliphatic carbocycles. The number of aliphatic imine (C=N–C) groups is 1. The maximum absolute atomic E-state index is 12.5. The molecule has 1 atom stereocenters. The van der Waals surface area contributed by atoms with Crippen LogP contribution in [0.3, 0.4) is 0 Å². The molecule has 0 aromatic carbocycles. The quantitative estimate of drug-likeness (QED) is 0.826. The first-order valence-corrected chi connectivity index (χ1v) is 7.90. The lowest BCUT2D eigenvalue weighted by molar-refractivity contribution is 0.0675. The zero-order valence-corrected chi connectivity index (χ0v) is 13.3. The number of nitrogens with zero attached hydrogens (tertiary/aromatic N) is 5. The van der Waals surface area contributed by atoms with E-state index in [4.69, 9.17) is 9.73 Å². The van der Waals surface area contributed by atoms with Crippen molar-refractivity contribution in [3.8, 4) is 0 Å². The van der Waals surface area contributed by atoms with Gasteiger partial charge in [0, 0.05) is 42.8 Å². The van der Waals surface area contributed by atoms with Crippen molar-refractivity contribution < 1.29 is 4.74 Å². The average molecular weight is 326 g/mol. The van der Waals surface area contributed by atoms with E-state index in [1.165, 1.54) is 6.07 Å². The average Bonchev–Trinajstić information content (AvgIpc) is 2.62. The van der Waals surface area contributed by atoms with Gasteiger partial charge in [0.1, 0.15) is 0 Å². The second-order valence-corrected chi connectivity index (χ2v) is 5.77. The van der Waals surface area contributed by atoms with Crippen LogP contribution in [-0.4, -0.2) is 51.7 Å². The Morgan fingerprint density at radius 3 is 2.92 bits per heavy atom.